The van der Waals surface area contributed by atoms with Gasteiger partial charge in [0.25, 0.3) is 0 Å². The molecule has 0 fully saturated rings. The summed E-state index contributed by atoms with van der Waals surface area (Å²) in [4.78, 5) is 17.1. The van der Waals surface area contributed by atoms with Crippen LogP contribution in [0, 0.1) is 12.8 Å². The van der Waals surface area contributed by atoms with Crippen LogP contribution in [-0.4, -0.2) is 10.9 Å². The van der Waals surface area contributed by atoms with Crippen LogP contribution in [0.1, 0.15) is 36.9 Å². The largest absolute Gasteiger partial charge is 0.441 e. The normalized spacial score (nSPS) is 12.2. The number of aromatic nitrogens is 1. The molecule has 0 spiro atoms. The highest BCUT2D eigenvalue weighted by molar-refractivity contribution is 5.79. The van der Waals surface area contributed by atoms with Gasteiger partial charge in [-0.05, 0) is 30.5 Å². The quantitative estimate of drug-likeness (QED) is 0.702. The fourth-order valence-corrected chi connectivity index (χ4v) is 2.97. The molecule has 0 radical (unpaired) electrons. The van der Waals surface area contributed by atoms with Crippen LogP contribution in [0.3, 0.4) is 0 Å². The summed E-state index contributed by atoms with van der Waals surface area (Å²) in [5.74, 6) is 1.47. The number of hydrogen-bond acceptors (Lipinski definition) is 3. The zero-order chi connectivity index (χ0) is 18.5. The molecule has 26 heavy (non-hydrogen) atoms. The summed E-state index contributed by atoms with van der Waals surface area (Å²) < 4.78 is 5.75. The highest BCUT2D eigenvalue weighted by Gasteiger charge is 2.20. The molecule has 0 aliphatic carbocycles. The van der Waals surface area contributed by atoms with E-state index in [2.05, 4.69) is 24.1 Å². The molecule has 4 nitrogen and oxygen atoms in total. The van der Waals surface area contributed by atoms with E-state index in [0.29, 0.717) is 23.3 Å². The van der Waals surface area contributed by atoms with Crippen LogP contribution in [-0.2, 0) is 11.2 Å². The summed E-state index contributed by atoms with van der Waals surface area (Å²) in [5.41, 5.74) is 2.70. The van der Waals surface area contributed by atoms with Crippen molar-refractivity contribution in [1.82, 2.24) is 10.3 Å². The molecule has 0 saturated carbocycles. The third-order valence-corrected chi connectivity index (χ3v) is 4.38. The third-order valence-electron chi connectivity index (χ3n) is 4.38. The Bertz CT molecular complexity index is 854. The average Bonchev–Trinajstić information content (AvgIpc) is 3.01. The van der Waals surface area contributed by atoms with Crippen molar-refractivity contribution in [3.05, 3.63) is 77.7 Å². The maximum atomic E-state index is 12.6. The first-order valence-corrected chi connectivity index (χ1v) is 8.90. The van der Waals surface area contributed by atoms with E-state index in [1.54, 1.807) is 0 Å². The Balaban J connectivity index is 1.73. The van der Waals surface area contributed by atoms with Crippen LogP contribution in [0.2, 0.25) is 0 Å². The minimum atomic E-state index is -0.0523. The van der Waals surface area contributed by atoms with Crippen LogP contribution in [0.25, 0.3) is 11.5 Å². The van der Waals surface area contributed by atoms with Gasteiger partial charge >= 0.3 is 0 Å². The van der Waals surface area contributed by atoms with Crippen LogP contribution in [0.15, 0.2) is 65.1 Å². The van der Waals surface area contributed by atoms with Gasteiger partial charge in [0.15, 0.2) is 0 Å². The summed E-state index contributed by atoms with van der Waals surface area (Å²) in [7, 11) is 0. The minimum absolute atomic E-state index is 0.0236. The molecular weight excluding hydrogens is 324 g/mol. The predicted octanol–water partition coefficient (Wildman–Crippen LogP) is 4.71. The Morgan fingerprint density at radius 1 is 1.04 bits per heavy atom. The topological polar surface area (TPSA) is 55.1 Å². The number of carbonyl (C=O) groups excluding carboxylic acids is 1. The molecule has 1 aromatic heterocycles. The van der Waals surface area contributed by atoms with Crippen molar-refractivity contribution in [2.45, 2.75) is 33.2 Å². The first kappa shape index (κ1) is 17.9. The van der Waals surface area contributed by atoms with E-state index in [9.17, 15) is 4.79 Å². The molecule has 1 heterocycles. The molecule has 2 aromatic carbocycles. The Labute approximate surface area is 154 Å². The van der Waals surface area contributed by atoms with Crippen LogP contribution in [0.5, 0.6) is 0 Å². The fraction of sp³-hybridized carbons (Fsp3) is 0.273. The number of benzene rings is 2. The van der Waals surface area contributed by atoms with Gasteiger partial charge < -0.3 is 9.73 Å². The Morgan fingerprint density at radius 2 is 1.65 bits per heavy atom. The minimum Gasteiger partial charge on any atom is -0.441 e. The number of hydrogen-bond donors (Lipinski definition) is 1. The molecule has 0 aliphatic heterocycles. The lowest BCUT2D eigenvalue weighted by molar-refractivity contribution is -0.121. The van der Waals surface area contributed by atoms with Gasteiger partial charge in [-0.2, -0.15) is 0 Å². The van der Waals surface area contributed by atoms with Gasteiger partial charge in [0.05, 0.1) is 18.2 Å². The second kappa shape index (κ2) is 8.00. The van der Waals surface area contributed by atoms with E-state index in [0.717, 1.165) is 11.1 Å². The second-order valence-electron chi connectivity index (χ2n) is 6.76. The molecule has 3 aromatic rings. The Kier molecular flexibility index (Phi) is 5.52. The summed E-state index contributed by atoms with van der Waals surface area (Å²) in [5, 5.41) is 3.14. The van der Waals surface area contributed by atoms with Crippen molar-refractivity contribution in [3.8, 4) is 11.5 Å². The van der Waals surface area contributed by atoms with E-state index >= 15 is 0 Å². The zero-order valence-electron chi connectivity index (χ0n) is 15.4. The molecule has 1 atom stereocenters. The first-order chi connectivity index (χ1) is 12.5. The van der Waals surface area contributed by atoms with Gasteiger partial charge in [-0.3, -0.25) is 4.79 Å². The number of carbonyl (C=O) groups is 1. The average molecular weight is 348 g/mol. The lowest BCUT2D eigenvalue weighted by atomic mass is 9.96. The second-order valence-corrected chi connectivity index (χ2v) is 6.76. The Hall–Kier alpha value is -2.88. The monoisotopic (exact) mass is 348 g/mol. The highest BCUT2D eigenvalue weighted by atomic mass is 16.4. The first-order valence-electron chi connectivity index (χ1n) is 8.90. The van der Waals surface area contributed by atoms with Gasteiger partial charge in [0.1, 0.15) is 5.76 Å². The number of rotatable bonds is 6. The summed E-state index contributed by atoms with van der Waals surface area (Å²) in [6.07, 6.45) is 0.207. The number of nitrogens with zero attached hydrogens (tertiary/aromatic N) is 1. The highest BCUT2D eigenvalue weighted by Crippen LogP contribution is 2.23. The van der Waals surface area contributed by atoms with Crippen molar-refractivity contribution in [2.24, 2.45) is 5.92 Å². The lowest BCUT2D eigenvalue weighted by Crippen LogP contribution is -2.33. The number of aryl methyl sites for hydroxylation is 1. The smallest absolute Gasteiger partial charge is 0.226 e. The zero-order valence-corrected chi connectivity index (χ0v) is 15.4. The Morgan fingerprint density at radius 3 is 2.27 bits per heavy atom. The molecule has 4 heteroatoms. The SMILES string of the molecule is Cc1oc(-c2ccccc2)nc1CC(=O)NC(c1ccccc1)C(C)C. The van der Waals surface area contributed by atoms with Crippen molar-refractivity contribution in [1.29, 1.82) is 0 Å². The van der Waals surface area contributed by atoms with E-state index in [-0.39, 0.29) is 18.4 Å². The van der Waals surface area contributed by atoms with Crippen molar-refractivity contribution in [3.63, 3.8) is 0 Å². The van der Waals surface area contributed by atoms with E-state index in [4.69, 9.17) is 4.42 Å². The molecule has 134 valence electrons. The summed E-state index contributed by atoms with van der Waals surface area (Å²) in [6, 6.07) is 19.7. The summed E-state index contributed by atoms with van der Waals surface area (Å²) >= 11 is 0. The lowest BCUT2D eigenvalue weighted by Gasteiger charge is -2.22. The van der Waals surface area contributed by atoms with Crippen molar-refractivity contribution >= 4 is 5.91 Å². The van der Waals surface area contributed by atoms with Gasteiger partial charge in [0, 0.05) is 5.56 Å². The predicted molar refractivity (Wildman–Crippen MR) is 103 cm³/mol. The molecular formula is C22H24N2O2. The van der Waals surface area contributed by atoms with Gasteiger partial charge in [-0.25, -0.2) is 4.98 Å². The number of oxazole rings is 1. The molecule has 0 bridgehead atoms. The number of nitrogens with one attached hydrogen (secondary N) is 1. The molecule has 1 N–H and O–H groups in total. The maximum Gasteiger partial charge on any atom is 0.226 e. The van der Waals surface area contributed by atoms with Gasteiger partial charge in [-0.1, -0.05) is 62.4 Å². The van der Waals surface area contributed by atoms with E-state index in [1.807, 2.05) is 67.6 Å². The summed E-state index contributed by atoms with van der Waals surface area (Å²) in [6.45, 7) is 6.05. The third kappa shape index (κ3) is 4.20. The standard InChI is InChI=1S/C22H24N2O2/c1-15(2)21(17-10-6-4-7-11-17)24-20(25)14-19-16(3)26-22(23-19)18-12-8-5-9-13-18/h4-13,15,21H,14H2,1-3H3,(H,24,25). The van der Waals surface area contributed by atoms with Crippen LogP contribution >= 0.6 is 0 Å². The molecule has 0 saturated heterocycles. The molecule has 1 amide bonds. The molecule has 3 rings (SSSR count). The number of amides is 1. The van der Waals surface area contributed by atoms with E-state index < -0.39 is 0 Å². The molecule has 1 unspecified atom stereocenters. The van der Waals surface area contributed by atoms with E-state index in [1.165, 1.54) is 0 Å². The van der Waals surface area contributed by atoms with Crippen molar-refractivity contribution < 1.29 is 9.21 Å². The van der Waals surface area contributed by atoms with Gasteiger partial charge in [-0.15, -0.1) is 0 Å². The van der Waals surface area contributed by atoms with Gasteiger partial charge in [0.2, 0.25) is 11.8 Å². The van der Waals surface area contributed by atoms with Crippen LogP contribution in [0.4, 0.5) is 0 Å². The molecule has 0 aliphatic rings. The maximum absolute atomic E-state index is 12.6. The van der Waals surface area contributed by atoms with Crippen molar-refractivity contribution in [2.75, 3.05) is 0 Å². The fourth-order valence-electron chi connectivity index (χ4n) is 2.97. The van der Waals surface area contributed by atoms with Crippen LogP contribution < -0.4 is 5.32 Å².